The Morgan fingerprint density at radius 2 is 1.74 bits per heavy atom. The van der Waals surface area contributed by atoms with Crippen molar-refractivity contribution in [2.45, 2.75) is 72.1 Å². The fraction of sp³-hybridized carbons (Fsp3) is 0.579. The fourth-order valence-electron chi connectivity index (χ4n) is 2.53. The number of hydrogen-bond acceptors (Lipinski definition) is 0. The lowest BCUT2D eigenvalue weighted by atomic mass is 9.98. The highest BCUT2D eigenvalue weighted by Gasteiger charge is 2.00. The van der Waals surface area contributed by atoms with Crippen LogP contribution in [0.4, 0.5) is 0 Å². The summed E-state index contributed by atoms with van der Waals surface area (Å²) in [5, 5.41) is 0. The van der Waals surface area contributed by atoms with Gasteiger partial charge in [-0.15, -0.1) is 6.58 Å². The minimum Gasteiger partial charge on any atom is -0.100 e. The number of hydrogen-bond donors (Lipinski definition) is 0. The summed E-state index contributed by atoms with van der Waals surface area (Å²) >= 11 is 0. The van der Waals surface area contributed by atoms with Crippen LogP contribution in [0.2, 0.25) is 0 Å². The molecule has 0 aliphatic carbocycles. The monoisotopic (exact) mass is 258 g/mol. The first-order valence-corrected chi connectivity index (χ1v) is 7.86. The van der Waals surface area contributed by atoms with Gasteiger partial charge < -0.3 is 0 Å². The van der Waals surface area contributed by atoms with Gasteiger partial charge in [0.2, 0.25) is 0 Å². The minimum absolute atomic E-state index is 1.14. The van der Waals surface area contributed by atoms with Crippen LogP contribution in [0.15, 0.2) is 30.4 Å². The molecule has 0 N–H and O–H groups in total. The summed E-state index contributed by atoms with van der Waals surface area (Å²) in [5.41, 5.74) is 5.80. The summed E-state index contributed by atoms with van der Waals surface area (Å²) < 4.78 is 0. The van der Waals surface area contributed by atoms with Gasteiger partial charge in [0.25, 0.3) is 0 Å². The Bertz CT molecular complexity index is 387. The van der Waals surface area contributed by atoms with E-state index in [4.69, 9.17) is 0 Å². The van der Waals surface area contributed by atoms with Gasteiger partial charge in [-0.3, -0.25) is 0 Å². The van der Waals surface area contributed by atoms with E-state index in [0.29, 0.717) is 0 Å². The molecular formula is C19H30. The molecule has 0 aromatic heterocycles. The van der Waals surface area contributed by atoms with Crippen molar-refractivity contribution in [2.75, 3.05) is 0 Å². The maximum atomic E-state index is 3.95. The van der Waals surface area contributed by atoms with E-state index in [-0.39, 0.29) is 0 Å². The Labute approximate surface area is 119 Å². The molecule has 0 bridgehead atoms. The van der Waals surface area contributed by atoms with Crippen LogP contribution in [0.5, 0.6) is 0 Å². The van der Waals surface area contributed by atoms with Crippen LogP contribution in [-0.4, -0.2) is 0 Å². The minimum atomic E-state index is 1.14. The van der Waals surface area contributed by atoms with Crippen LogP contribution in [0.1, 0.15) is 69.1 Å². The molecule has 0 amide bonds. The van der Waals surface area contributed by atoms with Crippen LogP contribution >= 0.6 is 0 Å². The lowest BCUT2D eigenvalue weighted by molar-refractivity contribution is 0.612. The molecule has 1 aromatic rings. The van der Waals surface area contributed by atoms with Crippen molar-refractivity contribution in [2.24, 2.45) is 0 Å². The van der Waals surface area contributed by atoms with E-state index in [1.54, 1.807) is 5.56 Å². The van der Waals surface area contributed by atoms with E-state index in [9.17, 15) is 0 Å². The third kappa shape index (κ3) is 6.61. The highest BCUT2D eigenvalue weighted by Crippen LogP contribution is 2.16. The second-order valence-electron chi connectivity index (χ2n) is 5.84. The Morgan fingerprint density at radius 3 is 2.37 bits per heavy atom. The zero-order valence-electron chi connectivity index (χ0n) is 13.1. The van der Waals surface area contributed by atoms with Gasteiger partial charge in [-0.1, -0.05) is 50.0 Å². The first-order chi connectivity index (χ1) is 9.13. The zero-order chi connectivity index (χ0) is 14.1. The van der Waals surface area contributed by atoms with Gasteiger partial charge in [0.05, 0.1) is 0 Å². The molecule has 0 radical (unpaired) electrons. The topological polar surface area (TPSA) is 0 Å². The van der Waals surface area contributed by atoms with E-state index >= 15 is 0 Å². The first kappa shape index (κ1) is 16.0. The summed E-state index contributed by atoms with van der Waals surface area (Å²) in [6.07, 6.45) is 10.3. The van der Waals surface area contributed by atoms with Gasteiger partial charge in [-0.2, -0.15) is 0 Å². The van der Waals surface area contributed by atoms with Crippen LogP contribution < -0.4 is 0 Å². The van der Waals surface area contributed by atoms with Crippen molar-refractivity contribution in [3.05, 3.63) is 47.0 Å². The van der Waals surface area contributed by atoms with Gasteiger partial charge in [-0.05, 0) is 62.6 Å². The summed E-state index contributed by atoms with van der Waals surface area (Å²) in [4.78, 5) is 0. The predicted molar refractivity (Wildman–Crippen MR) is 86.8 cm³/mol. The molecule has 0 aliphatic rings. The molecule has 0 heteroatoms. The van der Waals surface area contributed by atoms with E-state index in [0.717, 1.165) is 6.42 Å². The standard InChI is InChI=1S/C19H30/c1-5-18-13-14-19(17(4)15-18)12-10-8-6-7-9-11-16(2)3/h13-15H,2,5-12H2,1,3-4H3. The molecule has 0 unspecified atom stereocenters. The average molecular weight is 258 g/mol. The van der Waals surface area contributed by atoms with Gasteiger partial charge in [0.15, 0.2) is 0 Å². The second-order valence-corrected chi connectivity index (χ2v) is 5.84. The molecule has 0 atom stereocenters. The summed E-state index contributed by atoms with van der Waals surface area (Å²) in [6, 6.07) is 6.96. The van der Waals surface area contributed by atoms with E-state index < -0.39 is 0 Å². The fourth-order valence-corrected chi connectivity index (χ4v) is 2.53. The van der Waals surface area contributed by atoms with Crippen molar-refractivity contribution < 1.29 is 0 Å². The van der Waals surface area contributed by atoms with Gasteiger partial charge in [-0.25, -0.2) is 0 Å². The van der Waals surface area contributed by atoms with Crippen molar-refractivity contribution in [1.82, 2.24) is 0 Å². The molecule has 0 heterocycles. The number of allylic oxidation sites excluding steroid dienone is 1. The lowest BCUT2D eigenvalue weighted by Gasteiger charge is -2.08. The molecule has 0 fully saturated rings. The van der Waals surface area contributed by atoms with Gasteiger partial charge in [0.1, 0.15) is 0 Å². The van der Waals surface area contributed by atoms with E-state index in [2.05, 4.69) is 45.5 Å². The lowest BCUT2D eigenvalue weighted by Crippen LogP contribution is -1.92. The number of rotatable bonds is 9. The Morgan fingerprint density at radius 1 is 1.05 bits per heavy atom. The van der Waals surface area contributed by atoms with Crippen molar-refractivity contribution in [1.29, 1.82) is 0 Å². The number of benzene rings is 1. The summed E-state index contributed by atoms with van der Waals surface area (Å²) in [5.74, 6) is 0. The normalized spacial score (nSPS) is 10.7. The smallest absolute Gasteiger partial charge is 0.0276 e. The second kappa shape index (κ2) is 8.96. The SMILES string of the molecule is C=C(C)CCCCCCCc1ccc(CC)cc1C. The number of unbranched alkanes of at least 4 members (excludes halogenated alkanes) is 4. The van der Waals surface area contributed by atoms with E-state index in [1.165, 1.54) is 61.6 Å². The quantitative estimate of drug-likeness (QED) is 0.375. The largest absolute Gasteiger partial charge is 0.100 e. The third-order valence-electron chi connectivity index (χ3n) is 3.86. The van der Waals surface area contributed by atoms with Crippen molar-refractivity contribution >= 4 is 0 Å². The molecule has 0 aliphatic heterocycles. The van der Waals surface area contributed by atoms with Crippen LogP contribution in [0.3, 0.4) is 0 Å². The Balaban J connectivity index is 2.17. The molecular weight excluding hydrogens is 228 g/mol. The maximum Gasteiger partial charge on any atom is -0.0276 e. The first-order valence-electron chi connectivity index (χ1n) is 7.86. The molecule has 0 nitrogen and oxygen atoms in total. The molecule has 1 aromatic carbocycles. The third-order valence-corrected chi connectivity index (χ3v) is 3.86. The Kier molecular flexibility index (Phi) is 7.55. The van der Waals surface area contributed by atoms with E-state index in [1.807, 2.05) is 0 Å². The maximum absolute atomic E-state index is 3.95. The molecule has 0 spiro atoms. The van der Waals surface area contributed by atoms with Crippen LogP contribution in [0.25, 0.3) is 0 Å². The highest BCUT2D eigenvalue weighted by atomic mass is 14.1. The average Bonchev–Trinajstić information content (AvgIpc) is 2.38. The van der Waals surface area contributed by atoms with Crippen molar-refractivity contribution in [3.8, 4) is 0 Å². The summed E-state index contributed by atoms with van der Waals surface area (Å²) in [6.45, 7) is 10.6. The van der Waals surface area contributed by atoms with Crippen molar-refractivity contribution in [3.63, 3.8) is 0 Å². The molecule has 106 valence electrons. The molecule has 0 saturated carbocycles. The zero-order valence-corrected chi connectivity index (χ0v) is 13.1. The molecule has 19 heavy (non-hydrogen) atoms. The van der Waals surface area contributed by atoms with Gasteiger partial charge in [0, 0.05) is 0 Å². The molecule has 1 rings (SSSR count). The highest BCUT2D eigenvalue weighted by molar-refractivity contribution is 5.31. The van der Waals surface area contributed by atoms with Crippen LogP contribution in [0, 0.1) is 6.92 Å². The molecule has 0 saturated heterocycles. The van der Waals surface area contributed by atoms with Crippen LogP contribution in [-0.2, 0) is 12.8 Å². The number of aryl methyl sites for hydroxylation is 3. The predicted octanol–water partition coefficient (Wildman–Crippen LogP) is 6.02. The van der Waals surface area contributed by atoms with Gasteiger partial charge >= 0.3 is 0 Å². The Hall–Kier alpha value is -1.04. The summed E-state index contributed by atoms with van der Waals surface area (Å²) in [7, 11) is 0.